The second-order valence-electron chi connectivity index (χ2n) is 2.11. The maximum Gasteiger partial charge on any atom is 0.218 e. The van der Waals surface area contributed by atoms with E-state index in [1.165, 1.54) is 0 Å². The summed E-state index contributed by atoms with van der Waals surface area (Å²) < 4.78 is 24.4. The summed E-state index contributed by atoms with van der Waals surface area (Å²) in [5.74, 6) is 0.479. The highest BCUT2D eigenvalue weighted by molar-refractivity contribution is 7.98. The fourth-order valence-electron chi connectivity index (χ4n) is 0.538. The van der Waals surface area contributed by atoms with Crippen molar-refractivity contribution in [2.75, 3.05) is 24.3 Å². The van der Waals surface area contributed by atoms with Crippen LogP contribution in [0, 0.1) is 0 Å². The highest BCUT2D eigenvalue weighted by Crippen LogP contribution is 1.90. The van der Waals surface area contributed by atoms with Gasteiger partial charge in [-0.3, -0.25) is 0 Å². The number of rotatable bonds is 6. The van der Waals surface area contributed by atoms with Crippen molar-refractivity contribution >= 4 is 39.0 Å². The van der Waals surface area contributed by atoms with E-state index in [2.05, 4.69) is 16.9 Å². The van der Waals surface area contributed by atoms with Gasteiger partial charge in [-0.15, -0.1) is 0 Å². The molecule has 0 saturated carbocycles. The van der Waals surface area contributed by atoms with Gasteiger partial charge in [0.2, 0.25) is 10.0 Å². The molecule has 0 aromatic carbocycles. The Hall–Kier alpha value is 0.150. The summed E-state index contributed by atoms with van der Waals surface area (Å²) in [7, 11) is -3.28. The number of thiocarbonyl (C=S) groups is 1. The first-order chi connectivity index (χ1) is 5.48. The van der Waals surface area contributed by atoms with Crippen LogP contribution in [-0.4, -0.2) is 37.7 Å². The SMILES string of the molecule is CSCCNS(=O)(=O)CC(N)=S. The smallest absolute Gasteiger partial charge is 0.218 e. The molecule has 12 heavy (non-hydrogen) atoms. The van der Waals surface area contributed by atoms with Crippen LogP contribution < -0.4 is 10.5 Å². The fourth-order valence-corrected chi connectivity index (χ4v) is 2.33. The third-order valence-electron chi connectivity index (χ3n) is 0.960. The van der Waals surface area contributed by atoms with Crippen molar-refractivity contribution < 1.29 is 8.42 Å². The summed E-state index contributed by atoms with van der Waals surface area (Å²) in [6.45, 7) is 0.423. The van der Waals surface area contributed by atoms with Crippen molar-refractivity contribution in [2.24, 2.45) is 5.73 Å². The van der Waals surface area contributed by atoms with E-state index in [-0.39, 0.29) is 10.7 Å². The predicted octanol–water partition coefficient (Wildman–Crippen LogP) is -0.445. The summed E-state index contributed by atoms with van der Waals surface area (Å²) in [6.07, 6.45) is 1.90. The zero-order valence-electron chi connectivity index (χ0n) is 6.74. The van der Waals surface area contributed by atoms with Gasteiger partial charge in [-0.05, 0) is 6.26 Å². The van der Waals surface area contributed by atoms with Crippen molar-refractivity contribution in [2.45, 2.75) is 0 Å². The zero-order valence-corrected chi connectivity index (χ0v) is 9.19. The third-order valence-corrected chi connectivity index (χ3v) is 3.23. The molecule has 0 spiro atoms. The van der Waals surface area contributed by atoms with E-state index in [9.17, 15) is 8.42 Å². The van der Waals surface area contributed by atoms with Gasteiger partial charge >= 0.3 is 0 Å². The largest absolute Gasteiger partial charge is 0.392 e. The lowest BCUT2D eigenvalue weighted by Gasteiger charge is -2.03. The van der Waals surface area contributed by atoms with E-state index in [0.29, 0.717) is 6.54 Å². The minimum absolute atomic E-state index is 0.00773. The lowest BCUT2D eigenvalue weighted by molar-refractivity contribution is 0.588. The predicted molar refractivity (Wildman–Crippen MR) is 57.0 cm³/mol. The van der Waals surface area contributed by atoms with Crippen LogP contribution in [0.2, 0.25) is 0 Å². The molecule has 0 saturated heterocycles. The highest BCUT2D eigenvalue weighted by Gasteiger charge is 2.09. The van der Waals surface area contributed by atoms with Gasteiger partial charge in [0, 0.05) is 12.3 Å². The number of hydrogen-bond acceptors (Lipinski definition) is 4. The Balaban J connectivity index is 3.81. The quantitative estimate of drug-likeness (QED) is 0.476. The maximum atomic E-state index is 11.0. The number of hydrogen-bond donors (Lipinski definition) is 2. The van der Waals surface area contributed by atoms with Gasteiger partial charge in [0.25, 0.3) is 0 Å². The van der Waals surface area contributed by atoms with Crippen molar-refractivity contribution in [3.8, 4) is 0 Å². The molecular formula is C5H12N2O2S3. The molecule has 0 atom stereocenters. The topological polar surface area (TPSA) is 72.2 Å². The van der Waals surface area contributed by atoms with E-state index >= 15 is 0 Å². The monoisotopic (exact) mass is 228 g/mol. The lowest BCUT2D eigenvalue weighted by atomic mass is 10.8. The first kappa shape index (κ1) is 12.2. The molecule has 0 bridgehead atoms. The fraction of sp³-hybridized carbons (Fsp3) is 0.800. The molecule has 3 N–H and O–H groups in total. The summed E-state index contributed by atoms with van der Waals surface area (Å²) in [6, 6.07) is 0. The molecule has 0 fully saturated rings. The second-order valence-corrected chi connectivity index (χ2v) is 5.43. The molecule has 72 valence electrons. The summed E-state index contributed by atoms with van der Waals surface area (Å²) in [5.41, 5.74) is 5.09. The van der Waals surface area contributed by atoms with Crippen LogP contribution in [-0.2, 0) is 10.0 Å². The van der Waals surface area contributed by atoms with Crippen molar-refractivity contribution in [3.05, 3.63) is 0 Å². The molecule has 4 nitrogen and oxygen atoms in total. The van der Waals surface area contributed by atoms with Crippen LogP contribution in [0.15, 0.2) is 0 Å². The van der Waals surface area contributed by atoms with Gasteiger partial charge in [0.15, 0.2) is 0 Å². The van der Waals surface area contributed by atoms with Crippen molar-refractivity contribution in [3.63, 3.8) is 0 Å². The second kappa shape index (κ2) is 5.74. The first-order valence-corrected chi connectivity index (χ1v) is 6.68. The standard InChI is InChI=1S/C5H12N2O2S3/c1-11-3-2-7-12(8,9)4-5(6)10/h7H,2-4H2,1H3,(H2,6,10). The van der Waals surface area contributed by atoms with Gasteiger partial charge in [-0.1, -0.05) is 12.2 Å². The molecular weight excluding hydrogens is 216 g/mol. The van der Waals surface area contributed by atoms with Crippen molar-refractivity contribution in [1.82, 2.24) is 4.72 Å². The van der Waals surface area contributed by atoms with Gasteiger partial charge < -0.3 is 5.73 Å². The Kier molecular flexibility index (Phi) is 5.81. The molecule has 0 unspecified atom stereocenters. The Bertz CT molecular complexity index is 237. The average Bonchev–Trinajstić information content (AvgIpc) is 1.84. The normalized spacial score (nSPS) is 11.4. The van der Waals surface area contributed by atoms with E-state index in [1.54, 1.807) is 11.8 Å². The van der Waals surface area contributed by atoms with E-state index in [1.807, 2.05) is 6.26 Å². The molecule has 0 radical (unpaired) electrons. The van der Waals surface area contributed by atoms with Gasteiger partial charge in [0.1, 0.15) is 5.75 Å². The van der Waals surface area contributed by atoms with Crippen LogP contribution in [0.25, 0.3) is 0 Å². The van der Waals surface area contributed by atoms with Gasteiger partial charge in [-0.2, -0.15) is 11.8 Å². The van der Waals surface area contributed by atoms with E-state index in [0.717, 1.165) is 5.75 Å². The van der Waals surface area contributed by atoms with Crippen LogP contribution in [0.3, 0.4) is 0 Å². The third kappa shape index (κ3) is 6.84. The van der Waals surface area contributed by atoms with Crippen LogP contribution in [0.4, 0.5) is 0 Å². The molecule has 7 heteroatoms. The molecule has 0 amide bonds. The van der Waals surface area contributed by atoms with E-state index in [4.69, 9.17) is 5.73 Å². The van der Waals surface area contributed by atoms with Crippen LogP contribution >= 0.6 is 24.0 Å². The Morgan fingerprint density at radius 2 is 2.25 bits per heavy atom. The maximum absolute atomic E-state index is 11.0. The van der Waals surface area contributed by atoms with Crippen molar-refractivity contribution in [1.29, 1.82) is 0 Å². The van der Waals surface area contributed by atoms with E-state index < -0.39 is 10.0 Å². The molecule has 0 rings (SSSR count). The lowest BCUT2D eigenvalue weighted by Crippen LogP contribution is -2.33. The average molecular weight is 228 g/mol. The number of nitrogens with one attached hydrogen (secondary N) is 1. The van der Waals surface area contributed by atoms with Gasteiger partial charge in [-0.25, -0.2) is 13.1 Å². The minimum Gasteiger partial charge on any atom is -0.392 e. The Morgan fingerprint density at radius 3 is 2.67 bits per heavy atom. The Morgan fingerprint density at radius 1 is 1.67 bits per heavy atom. The van der Waals surface area contributed by atoms with Crippen LogP contribution in [0.1, 0.15) is 0 Å². The zero-order chi connectivity index (χ0) is 9.61. The highest BCUT2D eigenvalue weighted by atomic mass is 32.2. The number of nitrogens with two attached hydrogens (primary N) is 1. The molecule has 0 aliphatic rings. The number of thioether (sulfide) groups is 1. The molecule has 0 aromatic rings. The summed E-state index contributed by atoms with van der Waals surface area (Å²) in [5, 5.41) is 0. The van der Waals surface area contributed by atoms with Gasteiger partial charge in [0.05, 0.1) is 4.99 Å². The minimum atomic E-state index is -3.28. The molecule has 0 aromatic heterocycles. The summed E-state index contributed by atoms with van der Waals surface area (Å²) >= 11 is 6.05. The summed E-state index contributed by atoms with van der Waals surface area (Å²) in [4.78, 5) is -0.00773. The first-order valence-electron chi connectivity index (χ1n) is 3.22. The van der Waals surface area contributed by atoms with Crippen LogP contribution in [0.5, 0.6) is 0 Å². The number of sulfonamides is 1. The molecule has 0 aliphatic heterocycles. The molecule has 0 heterocycles. The molecule has 0 aliphatic carbocycles. The Labute approximate surface area is 82.3 Å².